The molecule has 0 nitrogen and oxygen atoms in total. The van der Waals surface area contributed by atoms with Crippen LogP contribution in [0.25, 0.3) is 0 Å². The van der Waals surface area contributed by atoms with Crippen LogP contribution in [-0.2, 0) is 0 Å². The molecule has 0 aliphatic heterocycles. The molecule has 0 heterocycles. The van der Waals surface area contributed by atoms with E-state index in [9.17, 15) is 0 Å². The first-order chi connectivity index (χ1) is 5.95. The summed E-state index contributed by atoms with van der Waals surface area (Å²) in [5.41, 5.74) is 5.18. The molecule has 0 aliphatic rings. The molecule has 1 heteroatoms. The molecule has 0 aliphatic carbocycles. The summed E-state index contributed by atoms with van der Waals surface area (Å²) in [6, 6.07) is 2.17. The molecule has 0 atom stereocenters. The quantitative estimate of drug-likeness (QED) is 0.625. The molecule has 0 fully saturated rings. The SMILES string of the molecule is Cc1cc(C)c(C(C)C)c(C)c1Cl. The van der Waals surface area contributed by atoms with E-state index in [4.69, 9.17) is 11.6 Å². The lowest BCUT2D eigenvalue weighted by Crippen LogP contribution is -1.98. The predicted molar refractivity (Wildman–Crippen MR) is 59.8 cm³/mol. The van der Waals surface area contributed by atoms with E-state index in [1.54, 1.807) is 0 Å². The van der Waals surface area contributed by atoms with E-state index in [0.717, 1.165) is 5.02 Å². The lowest BCUT2D eigenvalue weighted by atomic mass is 9.91. The molecule has 0 N–H and O–H groups in total. The Hall–Kier alpha value is -0.490. The van der Waals surface area contributed by atoms with Gasteiger partial charge >= 0.3 is 0 Å². The highest BCUT2D eigenvalue weighted by Gasteiger charge is 2.11. The average Bonchev–Trinajstić information content (AvgIpc) is 1.99. The zero-order valence-corrected chi connectivity index (χ0v) is 9.79. The molecule has 0 spiro atoms. The van der Waals surface area contributed by atoms with Gasteiger partial charge in [-0.25, -0.2) is 0 Å². The fraction of sp³-hybridized carbons (Fsp3) is 0.500. The average molecular weight is 197 g/mol. The van der Waals surface area contributed by atoms with Crippen LogP contribution in [-0.4, -0.2) is 0 Å². The fourth-order valence-corrected chi connectivity index (χ4v) is 2.22. The number of halogens is 1. The Kier molecular flexibility index (Phi) is 3.02. The van der Waals surface area contributed by atoms with Crippen LogP contribution in [0.4, 0.5) is 0 Å². The zero-order valence-electron chi connectivity index (χ0n) is 9.03. The molecule has 0 aromatic heterocycles. The topological polar surface area (TPSA) is 0 Å². The highest BCUT2D eigenvalue weighted by molar-refractivity contribution is 6.32. The third kappa shape index (κ3) is 1.88. The minimum absolute atomic E-state index is 0.554. The van der Waals surface area contributed by atoms with Crippen LogP contribution in [0, 0.1) is 20.8 Å². The first-order valence-electron chi connectivity index (χ1n) is 4.71. The third-order valence-corrected chi connectivity index (χ3v) is 3.10. The van der Waals surface area contributed by atoms with Crippen LogP contribution in [0.5, 0.6) is 0 Å². The van der Waals surface area contributed by atoms with Crippen LogP contribution in [0.15, 0.2) is 6.07 Å². The monoisotopic (exact) mass is 196 g/mol. The van der Waals surface area contributed by atoms with E-state index in [-0.39, 0.29) is 0 Å². The lowest BCUT2D eigenvalue weighted by molar-refractivity contribution is 0.845. The molecule has 0 amide bonds. The molecule has 13 heavy (non-hydrogen) atoms. The summed E-state index contributed by atoms with van der Waals surface area (Å²) in [6.07, 6.45) is 0. The molecule has 0 saturated carbocycles. The molecule has 0 bridgehead atoms. The van der Waals surface area contributed by atoms with E-state index < -0.39 is 0 Å². The van der Waals surface area contributed by atoms with Crippen molar-refractivity contribution in [3.8, 4) is 0 Å². The van der Waals surface area contributed by atoms with Gasteiger partial charge in [0.15, 0.2) is 0 Å². The van der Waals surface area contributed by atoms with Crippen molar-refractivity contribution in [3.05, 3.63) is 33.3 Å². The number of hydrogen-bond acceptors (Lipinski definition) is 0. The van der Waals surface area contributed by atoms with Gasteiger partial charge in [0.05, 0.1) is 0 Å². The van der Waals surface area contributed by atoms with Crippen molar-refractivity contribution in [2.75, 3.05) is 0 Å². The summed E-state index contributed by atoms with van der Waals surface area (Å²) in [5.74, 6) is 0.554. The van der Waals surface area contributed by atoms with Crippen LogP contribution in [0.2, 0.25) is 5.02 Å². The van der Waals surface area contributed by atoms with Gasteiger partial charge in [0.25, 0.3) is 0 Å². The molecule has 1 aromatic carbocycles. The van der Waals surface area contributed by atoms with Gasteiger partial charge in [-0.2, -0.15) is 0 Å². The summed E-state index contributed by atoms with van der Waals surface area (Å²) in [5, 5.41) is 0.925. The summed E-state index contributed by atoms with van der Waals surface area (Å²) < 4.78 is 0. The molecule has 0 unspecified atom stereocenters. The van der Waals surface area contributed by atoms with Crippen molar-refractivity contribution in [1.29, 1.82) is 0 Å². The summed E-state index contributed by atoms with van der Waals surface area (Å²) in [6.45, 7) is 10.7. The van der Waals surface area contributed by atoms with Gasteiger partial charge in [0.2, 0.25) is 0 Å². The van der Waals surface area contributed by atoms with E-state index >= 15 is 0 Å². The number of rotatable bonds is 1. The van der Waals surface area contributed by atoms with Crippen LogP contribution in [0.1, 0.15) is 42.0 Å². The maximum absolute atomic E-state index is 6.20. The van der Waals surface area contributed by atoms with E-state index in [1.807, 2.05) is 0 Å². The highest BCUT2D eigenvalue weighted by Crippen LogP contribution is 2.31. The number of aryl methyl sites for hydroxylation is 2. The molecule has 1 aromatic rings. The summed E-state index contributed by atoms with van der Waals surface area (Å²) in [7, 11) is 0. The molecule has 0 radical (unpaired) electrons. The van der Waals surface area contributed by atoms with E-state index in [0.29, 0.717) is 5.92 Å². The standard InChI is InChI=1S/C12H17Cl/c1-7(2)11-8(3)6-9(4)12(13)10(11)5/h6-7H,1-5H3. The Morgan fingerprint density at radius 1 is 1.08 bits per heavy atom. The number of hydrogen-bond donors (Lipinski definition) is 0. The van der Waals surface area contributed by atoms with Gasteiger partial charge in [0, 0.05) is 5.02 Å². The largest absolute Gasteiger partial charge is 0.0838 e. The molecule has 0 saturated heterocycles. The minimum Gasteiger partial charge on any atom is -0.0838 e. The second-order valence-corrected chi connectivity index (χ2v) is 4.40. The molecular weight excluding hydrogens is 180 g/mol. The maximum atomic E-state index is 6.20. The van der Waals surface area contributed by atoms with Gasteiger partial charge in [-0.05, 0) is 48.9 Å². The zero-order chi connectivity index (χ0) is 10.2. The third-order valence-electron chi connectivity index (χ3n) is 2.51. The lowest BCUT2D eigenvalue weighted by Gasteiger charge is -2.16. The van der Waals surface area contributed by atoms with Crippen molar-refractivity contribution < 1.29 is 0 Å². The Bertz CT molecular complexity index is 324. The smallest absolute Gasteiger partial charge is 0.0467 e. The predicted octanol–water partition coefficient (Wildman–Crippen LogP) is 4.39. The molecule has 72 valence electrons. The summed E-state index contributed by atoms with van der Waals surface area (Å²) >= 11 is 6.20. The second kappa shape index (κ2) is 3.71. The first kappa shape index (κ1) is 10.6. The van der Waals surface area contributed by atoms with Crippen LogP contribution in [0.3, 0.4) is 0 Å². The van der Waals surface area contributed by atoms with Gasteiger partial charge in [-0.1, -0.05) is 31.5 Å². The van der Waals surface area contributed by atoms with Gasteiger partial charge in [-0.3, -0.25) is 0 Å². The van der Waals surface area contributed by atoms with Crippen LogP contribution < -0.4 is 0 Å². The van der Waals surface area contributed by atoms with Crippen molar-refractivity contribution in [1.82, 2.24) is 0 Å². The maximum Gasteiger partial charge on any atom is 0.0467 e. The Morgan fingerprint density at radius 2 is 1.62 bits per heavy atom. The van der Waals surface area contributed by atoms with Crippen LogP contribution >= 0.6 is 11.6 Å². The number of benzene rings is 1. The molecular formula is C12H17Cl. The highest BCUT2D eigenvalue weighted by atomic mass is 35.5. The normalized spacial score (nSPS) is 11.0. The van der Waals surface area contributed by atoms with Crippen molar-refractivity contribution in [2.45, 2.75) is 40.5 Å². The Balaban J connectivity index is 3.44. The fourth-order valence-electron chi connectivity index (χ4n) is 2.06. The van der Waals surface area contributed by atoms with Crippen molar-refractivity contribution in [2.24, 2.45) is 0 Å². The van der Waals surface area contributed by atoms with E-state index in [2.05, 4.69) is 40.7 Å². The second-order valence-electron chi connectivity index (χ2n) is 4.02. The van der Waals surface area contributed by atoms with Gasteiger partial charge in [-0.15, -0.1) is 0 Å². The van der Waals surface area contributed by atoms with Crippen molar-refractivity contribution in [3.63, 3.8) is 0 Å². The first-order valence-corrected chi connectivity index (χ1v) is 5.09. The van der Waals surface area contributed by atoms with Gasteiger partial charge in [0.1, 0.15) is 0 Å². The molecule has 1 rings (SSSR count). The van der Waals surface area contributed by atoms with Gasteiger partial charge < -0.3 is 0 Å². The minimum atomic E-state index is 0.554. The Labute approximate surface area is 85.9 Å². The van der Waals surface area contributed by atoms with E-state index in [1.165, 1.54) is 22.3 Å². The van der Waals surface area contributed by atoms with Crippen molar-refractivity contribution >= 4 is 11.6 Å². The Morgan fingerprint density at radius 3 is 2.08 bits per heavy atom. The summed E-state index contributed by atoms with van der Waals surface area (Å²) in [4.78, 5) is 0.